The molecule has 0 saturated carbocycles. The number of carbonyl (C=O) groups excluding carboxylic acids is 2. The molecule has 2 aromatic carbocycles. The van der Waals surface area contributed by atoms with Crippen LogP contribution >= 0.6 is 28.3 Å². The molecule has 2 fully saturated rings. The maximum Gasteiger partial charge on any atom is 0.229 e. The van der Waals surface area contributed by atoms with Gasteiger partial charge in [-0.1, -0.05) is 72.2 Å². The summed E-state index contributed by atoms with van der Waals surface area (Å²) in [4.78, 5) is 30.3. The zero-order chi connectivity index (χ0) is 24.1. The third kappa shape index (κ3) is 6.87. The van der Waals surface area contributed by atoms with Crippen molar-refractivity contribution in [2.24, 2.45) is 11.3 Å². The first kappa shape index (κ1) is 27.7. The van der Waals surface area contributed by atoms with E-state index in [2.05, 4.69) is 50.4 Å². The molecule has 35 heavy (non-hydrogen) atoms. The molecule has 0 aliphatic carbocycles. The molecule has 5 nitrogen and oxygen atoms in total. The molecule has 0 aromatic heterocycles. The van der Waals surface area contributed by atoms with Crippen LogP contribution in [-0.4, -0.2) is 47.8 Å². The summed E-state index contributed by atoms with van der Waals surface area (Å²) in [7, 11) is 0. The molecular formula is C28H37BrClN3O2. The Bertz CT molecular complexity index is 975. The Balaban J connectivity index is 0.00000342. The van der Waals surface area contributed by atoms with Crippen LogP contribution in [0.15, 0.2) is 59.1 Å². The van der Waals surface area contributed by atoms with Crippen LogP contribution in [0.5, 0.6) is 0 Å². The summed E-state index contributed by atoms with van der Waals surface area (Å²) in [6.07, 6.45) is 3.69. The number of likely N-dealkylation sites (tertiary alicyclic amines) is 2. The van der Waals surface area contributed by atoms with Crippen LogP contribution in [0.4, 0.5) is 0 Å². The Kier molecular flexibility index (Phi) is 9.79. The lowest BCUT2D eigenvalue weighted by molar-refractivity contribution is -0.139. The normalized spacial score (nSPS) is 18.5. The SMILES string of the molecule is CC(C)C(=O)NC(CCN1CCC2(CC1)CCN(Cc1ccc(Br)cc1)C2=O)c1ccccc1.Cl. The van der Waals surface area contributed by atoms with E-state index < -0.39 is 0 Å². The van der Waals surface area contributed by atoms with Crippen molar-refractivity contribution in [3.05, 3.63) is 70.2 Å². The van der Waals surface area contributed by atoms with Crippen LogP contribution in [0.2, 0.25) is 0 Å². The second kappa shape index (κ2) is 12.4. The fourth-order valence-electron chi connectivity index (χ4n) is 5.18. The van der Waals surface area contributed by atoms with Gasteiger partial charge in [0.15, 0.2) is 0 Å². The molecule has 4 rings (SSSR count). The highest BCUT2D eigenvalue weighted by Crippen LogP contribution is 2.42. The molecule has 1 N–H and O–H groups in total. The van der Waals surface area contributed by atoms with Crippen LogP contribution < -0.4 is 5.32 Å². The molecular weight excluding hydrogens is 526 g/mol. The topological polar surface area (TPSA) is 52.7 Å². The number of carbonyl (C=O) groups is 2. The molecule has 190 valence electrons. The summed E-state index contributed by atoms with van der Waals surface area (Å²) in [6.45, 7) is 8.22. The second-order valence-electron chi connectivity index (χ2n) is 10.1. The van der Waals surface area contributed by atoms with E-state index in [-0.39, 0.29) is 35.7 Å². The van der Waals surface area contributed by atoms with Gasteiger partial charge in [0.1, 0.15) is 0 Å². The van der Waals surface area contributed by atoms with Crippen molar-refractivity contribution in [2.45, 2.75) is 52.1 Å². The van der Waals surface area contributed by atoms with E-state index in [1.807, 2.05) is 49.1 Å². The first-order valence-corrected chi connectivity index (χ1v) is 13.3. The summed E-state index contributed by atoms with van der Waals surface area (Å²) >= 11 is 3.48. The van der Waals surface area contributed by atoms with Crippen LogP contribution in [0, 0.1) is 11.3 Å². The number of benzene rings is 2. The van der Waals surface area contributed by atoms with E-state index in [4.69, 9.17) is 0 Å². The number of hydrogen-bond acceptors (Lipinski definition) is 3. The zero-order valence-electron chi connectivity index (χ0n) is 20.7. The number of hydrogen-bond donors (Lipinski definition) is 1. The predicted octanol–water partition coefficient (Wildman–Crippen LogP) is 5.59. The average molecular weight is 563 g/mol. The zero-order valence-corrected chi connectivity index (χ0v) is 23.1. The Morgan fingerprint density at radius 1 is 1.00 bits per heavy atom. The molecule has 2 aromatic rings. The van der Waals surface area contributed by atoms with Crippen LogP contribution in [0.1, 0.15) is 56.7 Å². The Morgan fingerprint density at radius 3 is 2.26 bits per heavy atom. The van der Waals surface area contributed by atoms with Crippen molar-refractivity contribution in [2.75, 3.05) is 26.2 Å². The Morgan fingerprint density at radius 2 is 1.63 bits per heavy atom. The molecule has 0 radical (unpaired) electrons. The number of piperidine rings is 1. The Hall–Kier alpha value is -1.89. The first-order valence-electron chi connectivity index (χ1n) is 12.5. The van der Waals surface area contributed by atoms with Gasteiger partial charge >= 0.3 is 0 Å². The fraction of sp³-hybridized carbons (Fsp3) is 0.500. The van der Waals surface area contributed by atoms with Gasteiger partial charge in [-0.05, 0) is 62.0 Å². The van der Waals surface area contributed by atoms with Crippen molar-refractivity contribution < 1.29 is 9.59 Å². The van der Waals surface area contributed by atoms with Gasteiger partial charge in [-0.2, -0.15) is 0 Å². The van der Waals surface area contributed by atoms with E-state index in [9.17, 15) is 9.59 Å². The van der Waals surface area contributed by atoms with Crippen LogP contribution in [0.25, 0.3) is 0 Å². The number of nitrogens with one attached hydrogen (secondary N) is 1. The minimum Gasteiger partial charge on any atom is -0.349 e. The first-order chi connectivity index (χ1) is 16.4. The molecule has 1 atom stereocenters. The number of nitrogens with zero attached hydrogens (tertiary/aromatic N) is 2. The lowest BCUT2D eigenvalue weighted by atomic mass is 9.77. The van der Waals surface area contributed by atoms with Gasteiger partial charge in [0, 0.05) is 30.0 Å². The van der Waals surface area contributed by atoms with E-state index in [1.165, 1.54) is 5.56 Å². The molecule has 1 spiro atoms. The number of halogens is 2. The van der Waals surface area contributed by atoms with Crippen molar-refractivity contribution in [3.8, 4) is 0 Å². The molecule has 2 saturated heterocycles. The minimum atomic E-state index is -0.184. The van der Waals surface area contributed by atoms with Gasteiger partial charge in [-0.15, -0.1) is 12.4 Å². The third-order valence-electron chi connectivity index (χ3n) is 7.48. The predicted molar refractivity (Wildman–Crippen MR) is 146 cm³/mol. The van der Waals surface area contributed by atoms with E-state index in [1.54, 1.807) is 0 Å². The van der Waals surface area contributed by atoms with Gasteiger partial charge in [-0.3, -0.25) is 9.59 Å². The smallest absolute Gasteiger partial charge is 0.229 e. The fourth-order valence-corrected chi connectivity index (χ4v) is 5.44. The lowest BCUT2D eigenvalue weighted by Crippen LogP contribution is -2.45. The number of amides is 2. The van der Waals surface area contributed by atoms with Gasteiger partial charge in [0.25, 0.3) is 0 Å². The summed E-state index contributed by atoms with van der Waals surface area (Å²) < 4.78 is 1.06. The standard InChI is InChI=1S/C28H36BrN3O2.ClH/c1-21(2)26(33)30-25(23-6-4-3-5-7-23)12-16-31-17-13-28(14-18-31)15-19-32(27(28)34)20-22-8-10-24(29)11-9-22;/h3-11,21,25H,12-20H2,1-2H3,(H,30,33);1H. The maximum atomic E-state index is 13.3. The monoisotopic (exact) mass is 561 g/mol. The molecule has 2 amide bonds. The highest BCUT2D eigenvalue weighted by Gasteiger charge is 2.47. The maximum absolute atomic E-state index is 13.3. The summed E-state index contributed by atoms with van der Waals surface area (Å²) in [5.74, 6) is 0.394. The molecule has 2 aliphatic rings. The quantitative estimate of drug-likeness (QED) is 0.456. The van der Waals surface area contributed by atoms with E-state index in [0.29, 0.717) is 12.5 Å². The van der Waals surface area contributed by atoms with Crippen LogP contribution in [0.3, 0.4) is 0 Å². The largest absolute Gasteiger partial charge is 0.349 e. The Labute approximate surface area is 224 Å². The summed E-state index contributed by atoms with van der Waals surface area (Å²) in [5, 5.41) is 3.23. The van der Waals surface area contributed by atoms with Gasteiger partial charge in [0.2, 0.25) is 11.8 Å². The van der Waals surface area contributed by atoms with E-state index >= 15 is 0 Å². The molecule has 0 bridgehead atoms. The lowest BCUT2D eigenvalue weighted by Gasteiger charge is -2.38. The van der Waals surface area contributed by atoms with Crippen LogP contribution in [-0.2, 0) is 16.1 Å². The van der Waals surface area contributed by atoms with E-state index in [0.717, 1.165) is 61.9 Å². The molecule has 2 heterocycles. The van der Waals surface area contributed by atoms with Crippen molar-refractivity contribution in [1.82, 2.24) is 15.1 Å². The van der Waals surface area contributed by atoms with Gasteiger partial charge in [0.05, 0.1) is 11.5 Å². The molecule has 2 aliphatic heterocycles. The number of rotatable bonds is 8. The van der Waals surface area contributed by atoms with Gasteiger partial charge < -0.3 is 15.1 Å². The van der Waals surface area contributed by atoms with Crippen molar-refractivity contribution >= 4 is 40.2 Å². The minimum absolute atomic E-state index is 0. The highest BCUT2D eigenvalue weighted by molar-refractivity contribution is 9.10. The van der Waals surface area contributed by atoms with Crippen molar-refractivity contribution in [1.29, 1.82) is 0 Å². The van der Waals surface area contributed by atoms with Crippen molar-refractivity contribution in [3.63, 3.8) is 0 Å². The summed E-state index contributed by atoms with van der Waals surface area (Å²) in [5.41, 5.74) is 2.15. The average Bonchev–Trinajstić information content (AvgIpc) is 3.14. The highest BCUT2D eigenvalue weighted by atomic mass is 79.9. The third-order valence-corrected chi connectivity index (χ3v) is 8.01. The summed E-state index contributed by atoms with van der Waals surface area (Å²) in [6, 6.07) is 18.5. The second-order valence-corrected chi connectivity index (χ2v) is 11.1. The molecule has 1 unspecified atom stereocenters. The van der Waals surface area contributed by atoms with Gasteiger partial charge in [-0.25, -0.2) is 0 Å². The molecule has 7 heteroatoms.